The topological polar surface area (TPSA) is 90.0 Å². The third-order valence-electron chi connectivity index (χ3n) is 4.25. The van der Waals surface area contributed by atoms with E-state index in [1.54, 1.807) is 70.5 Å². The molecule has 0 unspecified atom stereocenters. The highest BCUT2D eigenvalue weighted by molar-refractivity contribution is 5.98. The zero-order valence-electron chi connectivity index (χ0n) is 17.0. The number of alkyl carbamates (subject to hydrolysis) is 1. The van der Waals surface area contributed by atoms with E-state index in [-0.39, 0.29) is 12.7 Å². The van der Waals surface area contributed by atoms with Crippen LogP contribution < -0.4 is 19.7 Å². The number of likely N-dealkylation sites (N-methyl/N-ethyl adjacent to an activating group) is 1. The van der Waals surface area contributed by atoms with Gasteiger partial charge in [0.2, 0.25) is 12.7 Å². The maximum absolute atomic E-state index is 13.2. The summed E-state index contributed by atoms with van der Waals surface area (Å²) in [5.41, 5.74) is 0.830. The van der Waals surface area contributed by atoms with Crippen LogP contribution in [0.2, 0.25) is 0 Å². The normalized spacial score (nSPS) is 13.5. The minimum Gasteiger partial charge on any atom is -0.454 e. The summed E-state index contributed by atoms with van der Waals surface area (Å²) in [7, 11) is 1.65. The highest BCUT2D eigenvalue weighted by atomic mass is 16.7. The molecule has 0 saturated carbocycles. The summed E-state index contributed by atoms with van der Waals surface area (Å²) in [5, 5.41) is 2.70. The van der Waals surface area contributed by atoms with E-state index in [0.29, 0.717) is 23.6 Å². The molecular weight excluding hydrogens is 374 g/mol. The SMILES string of the molecule is CN(C(=O)[C@H](Cc1ccncc1)NC(=O)OC(C)(C)C)c1ccc2c(c1)OCO2. The summed E-state index contributed by atoms with van der Waals surface area (Å²) >= 11 is 0. The third-order valence-corrected chi connectivity index (χ3v) is 4.25. The molecule has 0 saturated heterocycles. The lowest BCUT2D eigenvalue weighted by molar-refractivity contribution is -0.120. The van der Waals surface area contributed by atoms with Crippen molar-refractivity contribution >= 4 is 17.7 Å². The molecule has 154 valence electrons. The molecule has 0 radical (unpaired) electrons. The van der Waals surface area contributed by atoms with Crippen molar-refractivity contribution in [2.75, 3.05) is 18.7 Å². The highest BCUT2D eigenvalue weighted by Gasteiger charge is 2.28. The van der Waals surface area contributed by atoms with Crippen LogP contribution in [0, 0.1) is 0 Å². The van der Waals surface area contributed by atoms with E-state index in [2.05, 4.69) is 10.3 Å². The van der Waals surface area contributed by atoms with Crippen LogP contribution in [-0.2, 0) is 16.0 Å². The first kappa shape index (κ1) is 20.4. The zero-order valence-corrected chi connectivity index (χ0v) is 17.0. The number of aromatic nitrogens is 1. The molecule has 0 spiro atoms. The smallest absolute Gasteiger partial charge is 0.408 e. The standard InChI is InChI=1S/C21H25N3O5/c1-21(2,3)29-20(26)23-16(11-14-7-9-22-10-8-14)19(25)24(4)15-5-6-17-18(12-15)28-13-27-17/h5-10,12,16H,11,13H2,1-4H3,(H,23,26)/t16-/m0/s1. The Hall–Kier alpha value is -3.29. The van der Waals surface area contributed by atoms with Crippen molar-refractivity contribution in [3.05, 3.63) is 48.3 Å². The Morgan fingerprint density at radius 1 is 1.17 bits per heavy atom. The molecule has 8 heteroatoms. The first-order valence-corrected chi connectivity index (χ1v) is 9.28. The van der Waals surface area contributed by atoms with Gasteiger partial charge in [-0.2, -0.15) is 0 Å². The van der Waals surface area contributed by atoms with Gasteiger partial charge < -0.3 is 24.4 Å². The quantitative estimate of drug-likeness (QED) is 0.832. The second-order valence-corrected chi connectivity index (χ2v) is 7.69. The Morgan fingerprint density at radius 2 is 1.86 bits per heavy atom. The van der Waals surface area contributed by atoms with Crippen LogP contribution in [0.25, 0.3) is 0 Å². The largest absolute Gasteiger partial charge is 0.454 e. The minimum absolute atomic E-state index is 0.154. The van der Waals surface area contributed by atoms with Gasteiger partial charge >= 0.3 is 6.09 Å². The molecule has 1 aromatic heterocycles. The molecule has 1 atom stereocenters. The monoisotopic (exact) mass is 399 g/mol. The number of hydrogen-bond donors (Lipinski definition) is 1. The lowest BCUT2D eigenvalue weighted by Gasteiger charge is -2.26. The van der Waals surface area contributed by atoms with Crippen LogP contribution >= 0.6 is 0 Å². The number of anilines is 1. The lowest BCUT2D eigenvalue weighted by Crippen LogP contribution is -2.50. The summed E-state index contributed by atoms with van der Waals surface area (Å²) in [6, 6.07) is 8.04. The summed E-state index contributed by atoms with van der Waals surface area (Å²) in [4.78, 5) is 31.0. The van der Waals surface area contributed by atoms with E-state index < -0.39 is 17.7 Å². The second kappa shape index (κ2) is 8.38. The molecule has 0 fully saturated rings. The van der Waals surface area contributed by atoms with Crippen LogP contribution in [0.3, 0.4) is 0 Å². The molecule has 2 amide bonds. The van der Waals surface area contributed by atoms with Gasteiger partial charge in [0.25, 0.3) is 0 Å². The van der Waals surface area contributed by atoms with Crippen LogP contribution in [-0.4, -0.2) is 42.5 Å². The van der Waals surface area contributed by atoms with E-state index in [1.807, 2.05) is 0 Å². The number of rotatable bonds is 5. The van der Waals surface area contributed by atoms with Gasteiger partial charge in [0.05, 0.1) is 0 Å². The number of benzene rings is 1. The molecule has 0 aliphatic carbocycles. The molecule has 8 nitrogen and oxygen atoms in total. The van der Waals surface area contributed by atoms with Gasteiger partial charge in [-0.1, -0.05) is 0 Å². The number of amides is 2. The molecule has 3 rings (SSSR count). The first-order valence-electron chi connectivity index (χ1n) is 9.28. The Morgan fingerprint density at radius 3 is 2.55 bits per heavy atom. The van der Waals surface area contributed by atoms with Crippen molar-refractivity contribution in [1.82, 2.24) is 10.3 Å². The van der Waals surface area contributed by atoms with E-state index in [4.69, 9.17) is 14.2 Å². The molecule has 1 aliphatic heterocycles. The Labute approximate surface area is 169 Å². The van der Waals surface area contributed by atoms with Gasteiger partial charge in [0.1, 0.15) is 11.6 Å². The van der Waals surface area contributed by atoms with Gasteiger partial charge in [0.15, 0.2) is 11.5 Å². The van der Waals surface area contributed by atoms with Crippen LogP contribution in [0.5, 0.6) is 11.5 Å². The third kappa shape index (κ3) is 5.37. The summed E-state index contributed by atoms with van der Waals surface area (Å²) in [5.74, 6) is 0.925. The number of ether oxygens (including phenoxy) is 3. The summed E-state index contributed by atoms with van der Waals surface area (Å²) in [6.07, 6.45) is 2.94. The van der Waals surface area contributed by atoms with Gasteiger partial charge in [-0.3, -0.25) is 9.78 Å². The number of fused-ring (bicyclic) bond motifs is 1. The van der Waals surface area contributed by atoms with Crippen molar-refractivity contribution in [3.63, 3.8) is 0 Å². The van der Waals surface area contributed by atoms with Gasteiger partial charge in [-0.05, 0) is 50.6 Å². The molecule has 2 heterocycles. The Kier molecular flexibility index (Phi) is 5.91. The van der Waals surface area contributed by atoms with E-state index in [1.165, 1.54) is 4.90 Å². The Bertz CT molecular complexity index is 880. The summed E-state index contributed by atoms with van der Waals surface area (Å²) < 4.78 is 16.0. The predicted octanol–water partition coefficient (Wildman–Crippen LogP) is 2.91. The molecule has 2 aromatic rings. The van der Waals surface area contributed by atoms with Crippen molar-refractivity contribution < 1.29 is 23.8 Å². The van der Waals surface area contributed by atoms with E-state index in [0.717, 1.165) is 5.56 Å². The lowest BCUT2D eigenvalue weighted by atomic mass is 10.1. The molecule has 0 bridgehead atoms. The van der Waals surface area contributed by atoms with E-state index in [9.17, 15) is 9.59 Å². The second-order valence-electron chi connectivity index (χ2n) is 7.69. The zero-order chi connectivity index (χ0) is 21.0. The molecule has 1 aromatic carbocycles. The number of hydrogen-bond acceptors (Lipinski definition) is 6. The maximum atomic E-state index is 13.2. The van der Waals surface area contributed by atoms with Gasteiger partial charge in [-0.15, -0.1) is 0 Å². The number of pyridine rings is 1. The Balaban J connectivity index is 1.79. The number of carbonyl (C=O) groups is 2. The van der Waals surface area contributed by atoms with Gasteiger partial charge in [-0.25, -0.2) is 4.79 Å². The van der Waals surface area contributed by atoms with Crippen LogP contribution in [0.15, 0.2) is 42.7 Å². The van der Waals surface area contributed by atoms with Crippen LogP contribution in [0.4, 0.5) is 10.5 Å². The molecular formula is C21H25N3O5. The van der Waals surface area contributed by atoms with Crippen LogP contribution in [0.1, 0.15) is 26.3 Å². The average molecular weight is 399 g/mol. The van der Waals surface area contributed by atoms with Crippen molar-refractivity contribution in [3.8, 4) is 11.5 Å². The fraction of sp³-hybridized carbons (Fsp3) is 0.381. The van der Waals surface area contributed by atoms with E-state index >= 15 is 0 Å². The fourth-order valence-electron chi connectivity index (χ4n) is 2.86. The number of nitrogens with one attached hydrogen (secondary N) is 1. The molecule has 1 aliphatic rings. The molecule has 29 heavy (non-hydrogen) atoms. The fourth-order valence-corrected chi connectivity index (χ4v) is 2.86. The number of carbonyl (C=O) groups excluding carboxylic acids is 2. The van der Waals surface area contributed by atoms with Crippen molar-refractivity contribution in [2.24, 2.45) is 0 Å². The average Bonchev–Trinajstić information content (AvgIpc) is 3.13. The first-order chi connectivity index (χ1) is 13.7. The number of nitrogens with zero attached hydrogens (tertiary/aromatic N) is 2. The molecule has 1 N–H and O–H groups in total. The van der Waals surface area contributed by atoms with Gasteiger partial charge in [0, 0.05) is 37.6 Å². The summed E-state index contributed by atoms with van der Waals surface area (Å²) in [6.45, 7) is 5.46. The highest BCUT2D eigenvalue weighted by Crippen LogP contribution is 2.35. The maximum Gasteiger partial charge on any atom is 0.408 e. The van der Waals surface area contributed by atoms with Crippen molar-refractivity contribution in [2.45, 2.75) is 38.8 Å². The van der Waals surface area contributed by atoms with Crippen molar-refractivity contribution in [1.29, 1.82) is 0 Å². The predicted molar refractivity (Wildman–Crippen MR) is 107 cm³/mol. The minimum atomic E-state index is -0.817.